The molecule has 0 aromatic carbocycles. The van der Waals surface area contributed by atoms with Crippen LogP contribution in [0, 0.1) is 5.92 Å². The molecule has 1 atom stereocenters. The summed E-state index contributed by atoms with van der Waals surface area (Å²) >= 11 is 0. The first-order valence-corrected chi connectivity index (χ1v) is 7.41. The van der Waals surface area contributed by atoms with Gasteiger partial charge in [-0.2, -0.15) is 0 Å². The molecule has 5 nitrogen and oxygen atoms in total. The minimum atomic E-state index is -0.295. The SMILES string of the molecule is CCN1C(=O)CC(NCCN2CCC(C)CC2)C1=O. The van der Waals surface area contributed by atoms with Gasteiger partial charge in [-0.1, -0.05) is 6.92 Å². The summed E-state index contributed by atoms with van der Waals surface area (Å²) < 4.78 is 0. The summed E-state index contributed by atoms with van der Waals surface area (Å²) in [5, 5.41) is 3.23. The molecular weight excluding hydrogens is 242 g/mol. The van der Waals surface area contributed by atoms with E-state index in [1.54, 1.807) is 0 Å². The van der Waals surface area contributed by atoms with Gasteiger partial charge in [0, 0.05) is 19.6 Å². The Balaban J connectivity index is 1.69. The topological polar surface area (TPSA) is 52.7 Å². The Labute approximate surface area is 115 Å². The molecule has 2 amide bonds. The van der Waals surface area contributed by atoms with E-state index in [0.717, 1.165) is 32.1 Å². The number of amides is 2. The number of carbonyl (C=O) groups excluding carboxylic acids is 2. The van der Waals surface area contributed by atoms with Gasteiger partial charge in [-0.3, -0.25) is 14.5 Å². The number of nitrogens with zero attached hydrogens (tertiary/aromatic N) is 2. The van der Waals surface area contributed by atoms with Gasteiger partial charge in [-0.05, 0) is 38.8 Å². The molecule has 2 aliphatic rings. The van der Waals surface area contributed by atoms with Crippen molar-refractivity contribution in [3.05, 3.63) is 0 Å². The first-order valence-electron chi connectivity index (χ1n) is 7.41. The van der Waals surface area contributed by atoms with Crippen molar-refractivity contribution in [1.29, 1.82) is 0 Å². The third-order valence-electron chi connectivity index (χ3n) is 4.26. The molecule has 0 saturated carbocycles. The van der Waals surface area contributed by atoms with Gasteiger partial charge in [0.1, 0.15) is 0 Å². The van der Waals surface area contributed by atoms with Crippen LogP contribution in [0.3, 0.4) is 0 Å². The fourth-order valence-electron chi connectivity index (χ4n) is 2.86. The molecular formula is C14H25N3O2. The van der Waals surface area contributed by atoms with Crippen LogP contribution in [0.2, 0.25) is 0 Å². The van der Waals surface area contributed by atoms with Crippen molar-refractivity contribution >= 4 is 11.8 Å². The predicted octanol–water partition coefficient (Wildman–Crippen LogP) is 0.455. The Hall–Kier alpha value is -0.940. The van der Waals surface area contributed by atoms with Crippen LogP contribution in [0.5, 0.6) is 0 Å². The van der Waals surface area contributed by atoms with Crippen LogP contribution < -0.4 is 5.32 Å². The number of rotatable bonds is 5. The number of carbonyl (C=O) groups is 2. The van der Waals surface area contributed by atoms with Crippen LogP contribution in [-0.2, 0) is 9.59 Å². The third kappa shape index (κ3) is 3.54. The molecule has 0 aromatic heterocycles. The van der Waals surface area contributed by atoms with Gasteiger partial charge >= 0.3 is 0 Å². The van der Waals surface area contributed by atoms with Crippen molar-refractivity contribution < 1.29 is 9.59 Å². The second kappa shape index (κ2) is 6.48. The van der Waals surface area contributed by atoms with Crippen molar-refractivity contribution in [3.8, 4) is 0 Å². The molecule has 2 fully saturated rings. The van der Waals surface area contributed by atoms with Crippen molar-refractivity contribution in [2.75, 3.05) is 32.7 Å². The van der Waals surface area contributed by atoms with Crippen LogP contribution in [-0.4, -0.2) is 60.4 Å². The lowest BCUT2D eigenvalue weighted by atomic mass is 9.99. The molecule has 2 aliphatic heterocycles. The minimum Gasteiger partial charge on any atom is -0.304 e. The third-order valence-corrected chi connectivity index (χ3v) is 4.26. The maximum atomic E-state index is 11.9. The highest BCUT2D eigenvalue weighted by Crippen LogP contribution is 2.15. The highest BCUT2D eigenvalue weighted by Gasteiger charge is 2.36. The minimum absolute atomic E-state index is 0.0446. The van der Waals surface area contributed by atoms with Gasteiger partial charge in [0.2, 0.25) is 11.8 Å². The van der Waals surface area contributed by atoms with Gasteiger partial charge < -0.3 is 10.2 Å². The first-order chi connectivity index (χ1) is 9.11. The Morgan fingerprint density at radius 2 is 1.95 bits per heavy atom. The number of nitrogens with one attached hydrogen (secondary N) is 1. The zero-order chi connectivity index (χ0) is 13.8. The van der Waals surface area contributed by atoms with Crippen LogP contribution in [0.4, 0.5) is 0 Å². The zero-order valence-corrected chi connectivity index (χ0v) is 12.0. The molecule has 0 aromatic rings. The Morgan fingerprint density at radius 1 is 1.26 bits per heavy atom. The Morgan fingerprint density at radius 3 is 2.53 bits per heavy atom. The number of hydrogen-bond donors (Lipinski definition) is 1. The van der Waals surface area contributed by atoms with Gasteiger partial charge in [-0.25, -0.2) is 0 Å². The van der Waals surface area contributed by atoms with E-state index in [1.165, 1.54) is 17.7 Å². The van der Waals surface area contributed by atoms with E-state index in [1.807, 2.05) is 6.92 Å². The van der Waals surface area contributed by atoms with E-state index in [9.17, 15) is 9.59 Å². The normalized spacial score (nSPS) is 26.4. The van der Waals surface area contributed by atoms with E-state index in [4.69, 9.17) is 0 Å². The fraction of sp³-hybridized carbons (Fsp3) is 0.857. The molecule has 2 rings (SSSR count). The van der Waals surface area contributed by atoms with E-state index in [-0.39, 0.29) is 17.9 Å². The van der Waals surface area contributed by atoms with Crippen LogP contribution >= 0.6 is 0 Å². The van der Waals surface area contributed by atoms with E-state index in [2.05, 4.69) is 17.1 Å². The molecule has 2 heterocycles. The standard InChI is InChI=1S/C14H25N3O2/c1-3-17-13(18)10-12(14(17)19)15-6-9-16-7-4-11(2)5-8-16/h11-12,15H,3-10H2,1-2H3. The van der Waals surface area contributed by atoms with E-state index in [0.29, 0.717) is 13.0 Å². The van der Waals surface area contributed by atoms with Crippen molar-refractivity contribution in [2.45, 2.75) is 39.2 Å². The van der Waals surface area contributed by atoms with Crippen LogP contribution in [0.25, 0.3) is 0 Å². The first kappa shape index (κ1) is 14.5. The molecule has 5 heteroatoms. The molecule has 2 saturated heterocycles. The molecule has 1 unspecified atom stereocenters. The van der Waals surface area contributed by atoms with Crippen molar-refractivity contribution in [2.24, 2.45) is 5.92 Å². The van der Waals surface area contributed by atoms with E-state index < -0.39 is 0 Å². The summed E-state index contributed by atoms with van der Waals surface area (Å²) in [6.45, 7) is 8.69. The molecule has 108 valence electrons. The molecule has 0 bridgehead atoms. The summed E-state index contributed by atoms with van der Waals surface area (Å²) in [7, 11) is 0. The zero-order valence-electron chi connectivity index (χ0n) is 12.0. The molecule has 0 spiro atoms. The fourth-order valence-corrected chi connectivity index (χ4v) is 2.86. The van der Waals surface area contributed by atoms with Gasteiger partial charge in [0.05, 0.1) is 12.5 Å². The smallest absolute Gasteiger partial charge is 0.246 e. The van der Waals surface area contributed by atoms with Crippen molar-refractivity contribution in [3.63, 3.8) is 0 Å². The van der Waals surface area contributed by atoms with Gasteiger partial charge in [0.25, 0.3) is 0 Å². The van der Waals surface area contributed by atoms with Gasteiger partial charge in [0.15, 0.2) is 0 Å². The maximum Gasteiger partial charge on any atom is 0.246 e. The van der Waals surface area contributed by atoms with Crippen LogP contribution in [0.1, 0.15) is 33.1 Å². The molecule has 1 N–H and O–H groups in total. The number of imide groups is 1. The van der Waals surface area contributed by atoms with Gasteiger partial charge in [-0.15, -0.1) is 0 Å². The summed E-state index contributed by atoms with van der Waals surface area (Å²) in [6, 6.07) is -0.295. The summed E-state index contributed by atoms with van der Waals surface area (Å²) in [5.41, 5.74) is 0. The lowest BCUT2D eigenvalue weighted by Gasteiger charge is -2.30. The Bertz CT molecular complexity index is 338. The summed E-state index contributed by atoms with van der Waals surface area (Å²) in [4.78, 5) is 27.3. The summed E-state index contributed by atoms with van der Waals surface area (Å²) in [6.07, 6.45) is 2.86. The highest BCUT2D eigenvalue weighted by atomic mass is 16.2. The lowest BCUT2D eigenvalue weighted by Crippen LogP contribution is -2.43. The highest BCUT2D eigenvalue weighted by molar-refractivity contribution is 6.05. The van der Waals surface area contributed by atoms with E-state index >= 15 is 0 Å². The quantitative estimate of drug-likeness (QED) is 0.735. The van der Waals surface area contributed by atoms with Crippen molar-refractivity contribution in [1.82, 2.24) is 15.1 Å². The molecule has 19 heavy (non-hydrogen) atoms. The largest absolute Gasteiger partial charge is 0.304 e. The second-order valence-corrected chi connectivity index (χ2v) is 5.71. The second-order valence-electron chi connectivity index (χ2n) is 5.71. The number of likely N-dealkylation sites (N-methyl/N-ethyl adjacent to an activating group) is 1. The van der Waals surface area contributed by atoms with Crippen LogP contribution in [0.15, 0.2) is 0 Å². The average Bonchev–Trinajstić information content (AvgIpc) is 2.66. The molecule has 0 aliphatic carbocycles. The Kier molecular flexibility index (Phi) is 4.93. The lowest BCUT2D eigenvalue weighted by molar-refractivity contribution is -0.138. The number of piperidine rings is 1. The average molecular weight is 267 g/mol. The number of likely N-dealkylation sites (tertiary alicyclic amines) is 2. The summed E-state index contributed by atoms with van der Waals surface area (Å²) in [5.74, 6) is 0.743. The number of hydrogen-bond acceptors (Lipinski definition) is 4. The monoisotopic (exact) mass is 267 g/mol. The predicted molar refractivity (Wildman–Crippen MR) is 73.6 cm³/mol. The molecule has 0 radical (unpaired) electrons. The maximum absolute atomic E-state index is 11.9.